The number of esters is 1. The minimum absolute atomic E-state index is 0.276. The molecular weight excluding hydrogens is 262 g/mol. The van der Waals surface area contributed by atoms with E-state index in [1.54, 1.807) is 6.92 Å². The predicted molar refractivity (Wildman–Crippen MR) is 87.9 cm³/mol. The molecule has 0 radical (unpaired) electrons. The van der Waals surface area contributed by atoms with Crippen molar-refractivity contribution < 1.29 is 9.53 Å². The Morgan fingerprint density at radius 3 is 2.52 bits per heavy atom. The van der Waals surface area contributed by atoms with Crippen molar-refractivity contribution in [3.63, 3.8) is 0 Å². The third-order valence-corrected chi connectivity index (χ3v) is 3.65. The Morgan fingerprint density at radius 1 is 1.14 bits per heavy atom. The molecule has 0 aliphatic heterocycles. The zero-order valence-electron chi connectivity index (χ0n) is 12.8. The van der Waals surface area contributed by atoms with Gasteiger partial charge in [-0.15, -0.1) is 0 Å². The summed E-state index contributed by atoms with van der Waals surface area (Å²) in [5.74, 6) is -0.276. The molecule has 0 fully saturated rings. The third-order valence-electron chi connectivity index (χ3n) is 3.65. The van der Waals surface area contributed by atoms with E-state index in [-0.39, 0.29) is 5.97 Å². The maximum atomic E-state index is 12.0. The Bertz CT molecular complexity index is 701. The summed E-state index contributed by atoms with van der Waals surface area (Å²) in [6, 6.07) is 12.0. The molecule has 0 bridgehead atoms. The van der Waals surface area contributed by atoms with Gasteiger partial charge in [0.2, 0.25) is 0 Å². The minimum atomic E-state index is -0.276. The number of hydrogen-bond donors (Lipinski definition) is 1. The Morgan fingerprint density at radius 2 is 1.86 bits per heavy atom. The maximum Gasteiger partial charge on any atom is 0.333 e. The number of carbonyl (C=O) groups excluding carboxylic acids is 1. The zero-order valence-corrected chi connectivity index (χ0v) is 12.8. The number of ether oxygens (including phenoxy) is 1. The lowest BCUT2D eigenvalue weighted by atomic mass is 9.92. The normalized spacial score (nSPS) is 12.1. The van der Waals surface area contributed by atoms with E-state index in [2.05, 4.69) is 0 Å². The van der Waals surface area contributed by atoms with Crippen molar-refractivity contribution in [1.82, 2.24) is 0 Å². The van der Waals surface area contributed by atoms with E-state index in [0.29, 0.717) is 17.9 Å². The standard InChI is InChI=1S/C18H21NO2/c1-4-14(12(3)18(20)21-5-2)17-15-9-7-6-8-13(15)10-11-16(17)19/h6-11H,4-5,19H2,1-3H3. The van der Waals surface area contributed by atoms with E-state index in [1.165, 1.54) is 0 Å². The van der Waals surface area contributed by atoms with Gasteiger partial charge in [0.1, 0.15) is 0 Å². The molecule has 2 N–H and O–H groups in total. The molecule has 21 heavy (non-hydrogen) atoms. The number of hydrogen-bond acceptors (Lipinski definition) is 3. The molecule has 2 rings (SSSR count). The molecule has 2 aromatic carbocycles. The largest absolute Gasteiger partial charge is 0.463 e. The van der Waals surface area contributed by atoms with Gasteiger partial charge in [-0.3, -0.25) is 0 Å². The Balaban J connectivity index is 2.70. The number of rotatable bonds is 4. The van der Waals surface area contributed by atoms with Crippen molar-refractivity contribution in [2.75, 3.05) is 12.3 Å². The molecule has 3 heteroatoms. The molecule has 0 atom stereocenters. The molecule has 3 nitrogen and oxygen atoms in total. The van der Waals surface area contributed by atoms with Gasteiger partial charge < -0.3 is 10.5 Å². The molecule has 0 amide bonds. The summed E-state index contributed by atoms with van der Waals surface area (Å²) in [4.78, 5) is 12.0. The van der Waals surface area contributed by atoms with Gasteiger partial charge in [0.05, 0.1) is 6.61 Å². The van der Waals surface area contributed by atoms with Crippen LogP contribution in [0.2, 0.25) is 0 Å². The lowest BCUT2D eigenvalue weighted by Gasteiger charge is -2.15. The Hall–Kier alpha value is -2.29. The summed E-state index contributed by atoms with van der Waals surface area (Å²) < 4.78 is 5.12. The van der Waals surface area contributed by atoms with Crippen LogP contribution < -0.4 is 5.73 Å². The zero-order chi connectivity index (χ0) is 15.4. The summed E-state index contributed by atoms with van der Waals surface area (Å²) in [7, 11) is 0. The number of fused-ring (bicyclic) bond motifs is 1. The fraction of sp³-hybridized carbons (Fsp3) is 0.278. The summed E-state index contributed by atoms with van der Waals surface area (Å²) in [5, 5.41) is 2.18. The van der Waals surface area contributed by atoms with E-state index in [0.717, 1.165) is 28.3 Å². The summed E-state index contributed by atoms with van der Waals surface area (Å²) in [6.07, 6.45) is 0.725. The number of anilines is 1. The van der Waals surface area contributed by atoms with Crippen LogP contribution in [0.5, 0.6) is 0 Å². The van der Waals surface area contributed by atoms with Crippen LogP contribution in [0, 0.1) is 0 Å². The summed E-state index contributed by atoms with van der Waals surface area (Å²) >= 11 is 0. The van der Waals surface area contributed by atoms with Crippen LogP contribution in [-0.4, -0.2) is 12.6 Å². The van der Waals surface area contributed by atoms with Crippen molar-refractivity contribution in [1.29, 1.82) is 0 Å². The van der Waals surface area contributed by atoms with Crippen LogP contribution in [0.3, 0.4) is 0 Å². The van der Waals surface area contributed by atoms with Crippen molar-refractivity contribution in [3.05, 3.63) is 47.5 Å². The van der Waals surface area contributed by atoms with Gasteiger partial charge in [-0.1, -0.05) is 37.3 Å². The van der Waals surface area contributed by atoms with E-state index in [9.17, 15) is 4.79 Å². The molecule has 0 spiro atoms. The molecule has 110 valence electrons. The molecule has 0 aromatic heterocycles. The SMILES string of the molecule is CCOC(=O)C(C)=C(CC)c1c(N)ccc2ccccc12. The van der Waals surface area contributed by atoms with E-state index >= 15 is 0 Å². The second kappa shape index (κ2) is 6.44. The lowest BCUT2D eigenvalue weighted by molar-refractivity contribution is -0.138. The van der Waals surface area contributed by atoms with Gasteiger partial charge in [-0.2, -0.15) is 0 Å². The topological polar surface area (TPSA) is 52.3 Å². The van der Waals surface area contributed by atoms with Crippen LogP contribution in [0.15, 0.2) is 42.0 Å². The number of allylic oxidation sites excluding steroid dienone is 1. The summed E-state index contributed by atoms with van der Waals surface area (Å²) in [5.41, 5.74) is 9.40. The van der Waals surface area contributed by atoms with Crippen molar-refractivity contribution in [2.24, 2.45) is 0 Å². The molecule has 0 heterocycles. The van der Waals surface area contributed by atoms with E-state index in [1.807, 2.05) is 50.2 Å². The van der Waals surface area contributed by atoms with Crippen LogP contribution in [-0.2, 0) is 9.53 Å². The van der Waals surface area contributed by atoms with E-state index < -0.39 is 0 Å². The molecular formula is C18H21NO2. The van der Waals surface area contributed by atoms with Gasteiger partial charge in [0.15, 0.2) is 0 Å². The fourth-order valence-electron chi connectivity index (χ4n) is 2.62. The van der Waals surface area contributed by atoms with Crippen molar-refractivity contribution in [3.8, 4) is 0 Å². The average molecular weight is 283 g/mol. The quantitative estimate of drug-likeness (QED) is 0.520. The van der Waals surface area contributed by atoms with Gasteiger partial charge in [-0.25, -0.2) is 4.79 Å². The molecule has 2 aromatic rings. The second-order valence-corrected chi connectivity index (χ2v) is 4.93. The van der Waals surface area contributed by atoms with Crippen molar-refractivity contribution in [2.45, 2.75) is 27.2 Å². The molecule has 0 unspecified atom stereocenters. The molecule has 0 aliphatic carbocycles. The lowest BCUT2D eigenvalue weighted by Crippen LogP contribution is -2.08. The van der Waals surface area contributed by atoms with Gasteiger partial charge in [0.25, 0.3) is 0 Å². The van der Waals surface area contributed by atoms with Gasteiger partial charge in [0, 0.05) is 16.8 Å². The highest BCUT2D eigenvalue weighted by atomic mass is 16.5. The molecule has 0 saturated heterocycles. The predicted octanol–water partition coefficient (Wildman–Crippen LogP) is 4.17. The monoisotopic (exact) mass is 283 g/mol. The van der Waals surface area contributed by atoms with Crippen LogP contribution in [0.1, 0.15) is 32.8 Å². The number of nitrogens with two attached hydrogens (primary N) is 1. The average Bonchev–Trinajstić information content (AvgIpc) is 2.50. The number of benzene rings is 2. The van der Waals surface area contributed by atoms with Crippen molar-refractivity contribution >= 4 is 28.0 Å². The van der Waals surface area contributed by atoms with Crippen LogP contribution in [0.25, 0.3) is 16.3 Å². The number of carbonyl (C=O) groups is 1. The van der Waals surface area contributed by atoms with Crippen LogP contribution >= 0.6 is 0 Å². The first-order valence-corrected chi connectivity index (χ1v) is 7.24. The number of nitrogen functional groups attached to an aromatic ring is 1. The van der Waals surface area contributed by atoms with Gasteiger partial charge >= 0.3 is 5.97 Å². The van der Waals surface area contributed by atoms with Gasteiger partial charge in [-0.05, 0) is 42.7 Å². The Labute approximate surface area is 125 Å². The first kappa shape index (κ1) is 15.1. The summed E-state index contributed by atoms with van der Waals surface area (Å²) in [6.45, 7) is 6.01. The first-order chi connectivity index (χ1) is 10.1. The molecule has 0 saturated carbocycles. The Kier molecular flexibility index (Phi) is 4.63. The minimum Gasteiger partial charge on any atom is -0.463 e. The second-order valence-electron chi connectivity index (χ2n) is 4.93. The molecule has 0 aliphatic rings. The first-order valence-electron chi connectivity index (χ1n) is 7.24. The fourth-order valence-corrected chi connectivity index (χ4v) is 2.62. The highest BCUT2D eigenvalue weighted by molar-refractivity contribution is 6.05. The maximum absolute atomic E-state index is 12.0. The highest BCUT2D eigenvalue weighted by Gasteiger charge is 2.16. The smallest absolute Gasteiger partial charge is 0.333 e. The van der Waals surface area contributed by atoms with Crippen LogP contribution in [0.4, 0.5) is 5.69 Å². The highest BCUT2D eigenvalue weighted by Crippen LogP contribution is 2.34. The third kappa shape index (κ3) is 2.92. The van der Waals surface area contributed by atoms with E-state index in [4.69, 9.17) is 10.5 Å².